The summed E-state index contributed by atoms with van der Waals surface area (Å²) in [6, 6.07) is 11.2. The van der Waals surface area contributed by atoms with Crippen molar-refractivity contribution in [3.63, 3.8) is 0 Å². The van der Waals surface area contributed by atoms with E-state index in [0.717, 1.165) is 5.56 Å². The largest absolute Gasteiger partial charge is 0.494 e. The van der Waals surface area contributed by atoms with Gasteiger partial charge >= 0.3 is 0 Å². The van der Waals surface area contributed by atoms with Gasteiger partial charge in [-0.05, 0) is 35.4 Å². The summed E-state index contributed by atoms with van der Waals surface area (Å²) in [6.07, 6.45) is 0.198. The molecule has 2 amide bonds. The smallest absolute Gasteiger partial charge is 0.228 e. The van der Waals surface area contributed by atoms with Crippen LogP contribution in [-0.4, -0.2) is 18.9 Å². The minimum Gasteiger partial charge on any atom is -0.494 e. The lowest BCUT2D eigenvalue weighted by atomic mass is 10.1. The molecule has 0 aliphatic carbocycles. The first-order valence-electron chi connectivity index (χ1n) is 6.97. The number of benzene rings is 2. The van der Waals surface area contributed by atoms with Crippen molar-refractivity contribution in [2.75, 3.05) is 12.4 Å². The van der Waals surface area contributed by atoms with Gasteiger partial charge in [0.15, 0.2) is 11.6 Å². The summed E-state index contributed by atoms with van der Waals surface area (Å²) in [4.78, 5) is 22.8. The molecule has 0 saturated carbocycles. The van der Waals surface area contributed by atoms with Gasteiger partial charge in [0.2, 0.25) is 11.8 Å². The van der Waals surface area contributed by atoms with Crippen LogP contribution in [0.3, 0.4) is 0 Å². The van der Waals surface area contributed by atoms with E-state index in [-0.39, 0.29) is 24.5 Å². The van der Waals surface area contributed by atoms with Crippen molar-refractivity contribution < 1.29 is 18.7 Å². The van der Waals surface area contributed by atoms with E-state index in [1.54, 1.807) is 30.3 Å². The molecule has 3 N–H and O–H groups in total. The Morgan fingerprint density at radius 2 is 1.74 bits per heavy atom. The summed E-state index contributed by atoms with van der Waals surface area (Å²) in [5.41, 5.74) is 7.03. The van der Waals surface area contributed by atoms with E-state index in [9.17, 15) is 14.0 Å². The van der Waals surface area contributed by atoms with Crippen LogP contribution in [0.4, 0.5) is 10.1 Å². The lowest BCUT2D eigenvalue weighted by Gasteiger charge is -2.07. The van der Waals surface area contributed by atoms with Crippen LogP contribution >= 0.6 is 0 Å². The van der Waals surface area contributed by atoms with Gasteiger partial charge in [0.25, 0.3) is 0 Å². The maximum atomic E-state index is 13.6. The molecule has 0 heterocycles. The number of anilines is 1. The molecule has 23 heavy (non-hydrogen) atoms. The standard InChI is InChI=1S/C17H17FN2O3/c1-23-15-7-4-12(8-14(15)18)10-17(22)20-13-5-2-11(3-6-13)9-16(19)21/h2-8H,9-10H2,1H3,(H2,19,21)(H,20,22). The van der Waals surface area contributed by atoms with Crippen LogP contribution in [0.1, 0.15) is 11.1 Å². The van der Waals surface area contributed by atoms with Crippen molar-refractivity contribution in [2.45, 2.75) is 12.8 Å². The first-order chi connectivity index (χ1) is 11.0. The average molecular weight is 316 g/mol. The molecule has 0 radical (unpaired) electrons. The number of amides is 2. The molecule has 0 aromatic heterocycles. The highest BCUT2D eigenvalue weighted by atomic mass is 19.1. The predicted molar refractivity (Wildman–Crippen MR) is 84.6 cm³/mol. The summed E-state index contributed by atoms with van der Waals surface area (Å²) < 4.78 is 18.4. The second-order valence-electron chi connectivity index (χ2n) is 5.03. The number of carbonyl (C=O) groups excluding carboxylic acids is 2. The van der Waals surface area contributed by atoms with E-state index in [1.165, 1.54) is 19.2 Å². The van der Waals surface area contributed by atoms with Gasteiger partial charge in [-0.25, -0.2) is 4.39 Å². The molecule has 2 aromatic rings. The normalized spacial score (nSPS) is 10.2. The summed E-state index contributed by atoms with van der Waals surface area (Å²) in [5.74, 6) is -1.05. The number of carbonyl (C=O) groups is 2. The first-order valence-corrected chi connectivity index (χ1v) is 6.97. The molecule has 0 fully saturated rings. The van der Waals surface area contributed by atoms with Crippen molar-refractivity contribution in [2.24, 2.45) is 5.73 Å². The van der Waals surface area contributed by atoms with E-state index < -0.39 is 11.7 Å². The fourth-order valence-electron chi connectivity index (χ4n) is 2.12. The maximum Gasteiger partial charge on any atom is 0.228 e. The molecule has 0 atom stereocenters. The van der Waals surface area contributed by atoms with E-state index in [4.69, 9.17) is 10.5 Å². The van der Waals surface area contributed by atoms with Crippen molar-refractivity contribution in [3.05, 3.63) is 59.4 Å². The monoisotopic (exact) mass is 316 g/mol. The maximum absolute atomic E-state index is 13.6. The molecule has 0 aliphatic heterocycles. The minimum absolute atomic E-state index is 0.0456. The molecule has 5 nitrogen and oxygen atoms in total. The van der Waals surface area contributed by atoms with Gasteiger partial charge < -0.3 is 15.8 Å². The number of rotatable bonds is 6. The zero-order chi connectivity index (χ0) is 16.8. The zero-order valence-electron chi connectivity index (χ0n) is 12.6. The van der Waals surface area contributed by atoms with Crippen molar-refractivity contribution in [1.82, 2.24) is 0 Å². The van der Waals surface area contributed by atoms with Crippen LogP contribution in [0, 0.1) is 5.82 Å². The number of primary amides is 1. The van der Waals surface area contributed by atoms with Crippen LogP contribution in [-0.2, 0) is 22.4 Å². The average Bonchev–Trinajstić information content (AvgIpc) is 2.49. The van der Waals surface area contributed by atoms with Crippen molar-refractivity contribution >= 4 is 17.5 Å². The van der Waals surface area contributed by atoms with Crippen molar-refractivity contribution in [3.8, 4) is 5.75 Å². The van der Waals surface area contributed by atoms with E-state index in [0.29, 0.717) is 11.3 Å². The summed E-state index contributed by atoms with van der Waals surface area (Å²) in [6.45, 7) is 0. The first kappa shape index (κ1) is 16.5. The van der Waals surface area contributed by atoms with Crippen LogP contribution in [0.5, 0.6) is 5.75 Å². The Balaban J connectivity index is 1.96. The highest BCUT2D eigenvalue weighted by Crippen LogP contribution is 2.18. The Bertz CT molecular complexity index is 714. The Morgan fingerprint density at radius 1 is 1.09 bits per heavy atom. The zero-order valence-corrected chi connectivity index (χ0v) is 12.6. The van der Waals surface area contributed by atoms with Gasteiger partial charge in [-0.1, -0.05) is 18.2 Å². The number of ether oxygens (including phenoxy) is 1. The molecule has 0 saturated heterocycles. The van der Waals surface area contributed by atoms with Gasteiger partial charge in [0, 0.05) is 5.69 Å². The van der Waals surface area contributed by atoms with Gasteiger partial charge in [0.1, 0.15) is 0 Å². The number of hydrogen-bond acceptors (Lipinski definition) is 3. The molecule has 2 aromatic carbocycles. The fourth-order valence-corrected chi connectivity index (χ4v) is 2.12. The third-order valence-corrected chi connectivity index (χ3v) is 3.20. The minimum atomic E-state index is -0.506. The molecule has 0 bridgehead atoms. The Kier molecular flexibility index (Phi) is 5.30. The lowest BCUT2D eigenvalue weighted by Crippen LogP contribution is -2.15. The van der Waals surface area contributed by atoms with Crippen molar-refractivity contribution in [1.29, 1.82) is 0 Å². The molecular formula is C17H17FN2O3. The number of nitrogens with two attached hydrogens (primary N) is 1. The SMILES string of the molecule is COc1ccc(CC(=O)Nc2ccc(CC(N)=O)cc2)cc1F. The van der Waals surface area contributed by atoms with E-state index >= 15 is 0 Å². The topological polar surface area (TPSA) is 81.4 Å². The third-order valence-electron chi connectivity index (χ3n) is 3.20. The van der Waals surface area contributed by atoms with Gasteiger partial charge in [-0.15, -0.1) is 0 Å². The Labute approximate surface area is 133 Å². The van der Waals surface area contributed by atoms with E-state index in [2.05, 4.69) is 5.32 Å². The Hall–Kier alpha value is -2.89. The summed E-state index contributed by atoms with van der Waals surface area (Å²) in [5, 5.41) is 2.71. The lowest BCUT2D eigenvalue weighted by molar-refractivity contribution is -0.117. The highest BCUT2D eigenvalue weighted by Gasteiger charge is 2.08. The molecule has 0 unspecified atom stereocenters. The molecular weight excluding hydrogens is 299 g/mol. The van der Waals surface area contributed by atoms with Gasteiger partial charge in [-0.2, -0.15) is 0 Å². The second-order valence-corrected chi connectivity index (χ2v) is 5.03. The number of methoxy groups -OCH3 is 1. The van der Waals surface area contributed by atoms with Crippen LogP contribution in [0.2, 0.25) is 0 Å². The number of nitrogens with one attached hydrogen (secondary N) is 1. The van der Waals surface area contributed by atoms with Crippen LogP contribution < -0.4 is 15.8 Å². The summed E-state index contributed by atoms with van der Waals surface area (Å²) in [7, 11) is 1.38. The molecule has 120 valence electrons. The molecule has 0 aliphatic rings. The van der Waals surface area contributed by atoms with Crippen LogP contribution in [0.25, 0.3) is 0 Å². The van der Waals surface area contributed by atoms with E-state index in [1.807, 2.05) is 0 Å². The Morgan fingerprint density at radius 3 is 2.30 bits per heavy atom. The highest BCUT2D eigenvalue weighted by molar-refractivity contribution is 5.92. The van der Waals surface area contributed by atoms with Gasteiger partial charge in [-0.3, -0.25) is 9.59 Å². The predicted octanol–water partition coefficient (Wildman–Crippen LogP) is 2.04. The van der Waals surface area contributed by atoms with Crippen LogP contribution in [0.15, 0.2) is 42.5 Å². The third kappa shape index (κ3) is 4.81. The number of hydrogen-bond donors (Lipinski definition) is 2. The quantitative estimate of drug-likeness (QED) is 0.855. The fraction of sp³-hybridized carbons (Fsp3) is 0.176. The second kappa shape index (κ2) is 7.40. The molecule has 6 heteroatoms. The molecule has 2 rings (SSSR count). The summed E-state index contributed by atoms with van der Waals surface area (Å²) >= 11 is 0. The van der Waals surface area contributed by atoms with Gasteiger partial charge in [0.05, 0.1) is 20.0 Å². The molecule has 0 spiro atoms. The number of halogens is 1.